The first-order chi connectivity index (χ1) is 11.6. The van der Waals surface area contributed by atoms with Gasteiger partial charge in [0, 0.05) is 0 Å². The molecule has 24 heavy (non-hydrogen) atoms. The van der Waals surface area contributed by atoms with Gasteiger partial charge in [-0.2, -0.15) is 0 Å². The van der Waals surface area contributed by atoms with Crippen molar-refractivity contribution in [1.82, 2.24) is 9.55 Å². The Bertz CT molecular complexity index is 843. The molecule has 2 aromatic carbocycles. The van der Waals surface area contributed by atoms with Crippen molar-refractivity contribution in [1.29, 1.82) is 0 Å². The minimum atomic E-state index is -0.852. The molecule has 1 aromatic heterocycles. The Morgan fingerprint density at radius 2 is 1.96 bits per heavy atom. The summed E-state index contributed by atoms with van der Waals surface area (Å²) in [6.45, 7) is 3.13. The van der Waals surface area contributed by atoms with E-state index in [-0.39, 0.29) is 5.75 Å². The van der Waals surface area contributed by atoms with E-state index in [1.54, 1.807) is 0 Å². The number of ether oxygens (including phenoxy) is 1. The molecular formula is C18H18N2O3S. The number of para-hydroxylation sites is 2. The van der Waals surface area contributed by atoms with Gasteiger partial charge in [-0.05, 0) is 31.2 Å². The summed E-state index contributed by atoms with van der Waals surface area (Å²) in [6, 6.07) is 15.7. The molecule has 0 atom stereocenters. The number of benzene rings is 2. The second-order valence-corrected chi connectivity index (χ2v) is 6.32. The van der Waals surface area contributed by atoms with Crippen LogP contribution in [-0.4, -0.2) is 33.0 Å². The lowest BCUT2D eigenvalue weighted by atomic mass is 10.2. The zero-order chi connectivity index (χ0) is 16.9. The van der Waals surface area contributed by atoms with Crippen molar-refractivity contribution >= 4 is 28.8 Å². The number of aliphatic carboxylic acids is 1. The molecular weight excluding hydrogens is 324 g/mol. The van der Waals surface area contributed by atoms with Crippen LogP contribution in [0.3, 0.4) is 0 Å². The van der Waals surface area contributed by atoms with Crippen LogP contribution < -0.4 is 4.74 Å². The maximum absolute atomic E-state index is 10.8. The van der Waals surface area contributed by atoms with Crippen LogP contribution in [0, 0.1) is 6.92 Å². The second-order valence-electron chi connectivity index (χ2n) is 5.38. The zero-order valence-electron chi connectivity index (χ0n) is 13.3. The summed E-state index contributed by atoms with van der Waals surface area (Å²) >= 11 is 1.23. The second kappa shape index (κ2) is 7.40. The molecule has 0 saturated carbocycles. The third-order valence-corrected chi connectivity index (χ3v) is 4.51. The number of carbonyl (C=O) groups is 1. The summed E-state index contributed by atoms with van der Waals surface area (Å²) in [5.74, 6) is -0.0402. The van der Waals surface area contributed by atoms with Crippen LogP contribution in [0.5, 0.6) is 5.75 Å². The third-order valence-electron chi connectivity index (χ3n) is 3.55. The highest BCUT2D eigenvalue weighted by Gasteiger charge is 2.12. The van der Waals surface area contributed by atoms with Gasteiger partial charge < -0.3 is 14.4 Å². The van der Waals surface area contributed by atoms with Gasteiger partial charge in [-0.1, -0.05) is 41.6 Å². The van der Waals surface area contributed by atoms with E-state index < -0.39 is 5.97 Å². The van der Waals surface area contributed by atoms with Gasteiger partial charge in [0.2, 0.25) is 0 Å². The molecule has 124 valence electrons. The average Bonchev–Trinajstić information content (AvgIpc) is 2.93. The quantitative estimate of drug-likeness (QED) is 0.665. The number of carboxylic acids is 1. The molecule has 1 heterocycles. The molecule has 0 aliphatic heterocycles. The zero-order valence-corrected chi connectivity index (χ0v) is 14.1. The normalized spacial score (nSPS) is 10.9. The lowest BCUT2D eigenvalue weighted by Gasteiger charge is -2.10. The number of aromatic nitrogens is 2. The van der Waals surface area contributed by atoms with E-state index in [9.17, 15) is 4.79 Å². The van der Waals surface area contributed by atoms with E-state index in [1.807, 2.05) is 60.0 Å². The van der Waals surface area contributed by atoms with Crippen LogP contribution in [0.1, 0.15) is 5.56 Å². The molecule has 0 spiro atoms. The van der Waals surface area contributed by atoms with Crippen LogP contribution in [0.2, 0.25) is 0 Å². The summed E-state index contributed by atoms with van der Waals surface area (Å²) in [7, 11) is 0. The Morgan fingerprint density at radius 1 is 1.21 bits per heavy atom. The van der Waals surface area contributed by atoms with Crippen molar-refractivity contribution in [3.05, 3.63) is 54.1 Å². The Morgan fingerprint density at radius 3 is 2.71 bits per heavy atom. The molecule has 0 amide bonds. The molecule has 5 nitrogen and oxygen atoms in total. The SMILES string of the molecule is Cc1ccc(OCCn2c(SCC(=O)O)nc3ccccc32)cc1. The van der Waals surface area contributed by atoms with Gasteiger partial charge in [0.25, 0.3) is 0 Å². The Kier molecular flexibility index (Phi) is 5.05. The molecule has 0 bridgehead atoms. The number of nitrogens with zero attached hydrogens (tertiary/aromatic N) is 2. The number of aryl methyl sites for hydroxylation is 1. The van der Waals surface area contributed by atoms with Crippen LogP contribution in [0.4, 0.5) is 0 Å². The van der Waals surface area contributed by atoms with Gasteiger partial charge in [-0.3, -0.25) is 4.79 Å². The fraction of sp³-hybridized carbons (Fsp3) is 0.222. The Balaban J connectivity index is 1.75. The number of rotatable bonds is 7. The van der Waals surface area contributed by atoms with Gasteiger partial charge in [-0.15, -0.1) is 0 Å². The fourth-order valence-corrected chi connectivity index (χ4v) is 3.16. The standard InChI is InChI=1S/C18H18N2O3S/c1-13-6-8-14(9-7-13)23-11-10-20-16-5-3-2-4-15(16)19-18(20)24-12-17(21)22/h2-9H,10-12H2,1H3,(H,21,22). The minimum absolute atomic E-state index is 0.0118. The predicted molar refractivity (Wildman–Crippen MR) is 94.8 cm³/mol. The number of imidazole rings is 1. The lowest BCUT2D eigenvalue weighted by Crippen LogP contribution is -2.10. The van der Waals surface area contributed by atoms with Gasteiger partial charge in [0.05, 0.1) is 23.3 Å². The van der Waals surface area contributed by atoms with Crippen LogP contribution in [-0.2, 0) is 11.3 Å². The van der Waals surface area contributed by atoms with Crippen molar-refractivity contribution in [2.75, 3.05) is 12.4 Å². The molecule has 0 aliphatic rings. The minimum Gasteiger partial charge on any atom is -0.492 e. The summed E-state index contributed by atoms with van der Waals surface area (Å²) < 4.78 is 7.80. The van der Waals surface area contributed by atoms with E-state index in [0.29, 0.717) is 18.3 Å². The monoisotopic (exact) mass is 342 g/mol. The maximum atomic E-state index is 10.8. The van der Waals surface area contributed by atoms with E-state index in [2.05, 4.69) is 4.98 Å². The summed E-state index contributed by atoms with van der Waals surface area (Å²) in [5.41, 5.74) is 3.04. The third kappa shape index (κ3) is 3.89. The van der Waals surface area contributed by atoms with Gasteiger partial charge in [-0.25, -0.2) is 4.98 Å². The largest absolute Gasteiger partial charge is 0.492 e. The van der Waals surface area contributed by atoms with Gasteiger partial charge in [0.15, 0.2) is 5.16 Å². The van der Waals surface area contributed by atoms with E-state index in [0.717, 1.165) is 16.8 Å². The summed E-state index contributed by atoms with van der Waals surface area (Å²) in [5, 5.41) is 9.61. The van der Waals surface area contributed by atoms with Gasteiger partial charge >= 0.3 is 5.97 Å². The first kappa shape index (κ1) is 16.4. The average molecular weight is 342 g/mol. The number of carboxylic acid groups (broad SMARTS) is 1. The highest BCUT2D eigenvalue weighted by atomic mass is 32.2. The topological polar surface area (TPSA) is 64.3 Å². The predicted octanol–water partition coefficient (Wildman–Crippen LogP) is 3.60. The first-order valence-corrected chi connectivity index (χ1v) is 8.61. The molecule has 0 radical (unpaired) electrons. The first-order valence-electron chi connectivity index (χ1n) is 7.63. The van der Waals surface area contributed by atoms with Crippen LogP contribution >= 0.6 is 11.8 Å². The smallest absolute Gasteiger partial charge is 0.313 e. The Hall–Kier alpha value is -2.47. The van der Waals surface area contributed by atoms with Crippen molar-refractivity contribution in [2.45, 2.75) is 18.6 Å². The number of hydrogen-bond acceptors (Lipinski definition) is 4. The fourth-order valence-electron chi connectivity index (χ4n) is 2.40. The molecule has 6 heteroatoms. The molecule has 0 saturated heterocycles. The highest BCUT2D eigenvalue weighted by molar-refractivity contribution is 7.99. The van der Waals surface area contributed by atoms with Gasteiger partial charge in [0.1, 0.15) is 12.4 Å². The van der Waals surface area contributed by atoms with Crippen LogP contribution in [0.15, 0.2) is 53.7 Å². The lowest BCUT2D eigenvalue weighted by molar-refractivity contribution is -0.133. The van der Waals surface area contributed by atoms with Crippen molar-refractivity contribution in [3.8, 4) is 5.75 Å². The van der Waals surface area contributed by atoms with E-state index >= 15 is 0 Å². The molecule has 3 aromatic rings. The van der Waals surface area contributed by atoms with E-state index in [1.165, 1.54) is 17.3 Å². The Labute approximate surface area is 144 Å². The molecule has 0 aliphatic carbocycles. The number of hydrogen-bond donors (Lipinski definition) is 1. The van der Waals surface area contributed by atoms with Crippen molar-refractivity contribution in [3.63, 3.8) is 0 Å². The van der Waals surface area contributed by atoms with E-state index in [4.69, 9.17) is 9.84 Å². The summed E-state index contributed by atoms with van der Waals surface area (Å²) in [4.78, 5) is 15.4. The highest BCUT2D eigenvalue weighted by Crippen LogP contribution is 2.24. The van der Waals surface area contributed by atoms with Crippen molar-refractivity contribution < 1.29 is 14.6 Å². The molecule has 0 unspecified atom stereocenters. The molecule has 0 fully saturated rings. The van der Waals surface area contributed by atoms with Crippen molar-refractivity contribution in [2.24, 2.45) is 0 Å². The molecule has 1 N–H and O–H groups in total. The summed E-state index contributed by atoms with van der Waals surface area (Å²) in [6.07, 6.45) is 0. The van der Waals surface area contributed by atoms with Crippen LogP contribution in [0.25, 0.3) is 11.0 Å². The molecule has 3 rings (SSSR count). The number of fused-ring (bicyclic) bond motifs is 1. The maximum Gasteiger partial charge on any atom is 0.313 e. The number of thioether (sulfide) groups is 1.